The first kappa shape index (κ1) is 16.6. The minimum Gasteiger partial charge on any atom is -0.493 e. The zero-order chi connectivity index (χ0) is 15.1. The Labute approximate surface area is 120 Å². The quantitative estimate of drug-likeness (QED) is 0.764. The molecule has 0 spiro atoms. The maximum atomic E-state index is 9.05. The molecule has 2 N–H and O–H groups in total. The second kappa shape index (κ2) is 7.97. The molecule has 0 aliphatic carbocycles. The third-order valence-corrected chi connectivity index (χ3v) is 3.27. The van der Waals surface area contributed by atoms with Crippen molar-refractivity contribution in [3.05, 3.63) is 17.7 Å². The fraction of sp³-hybridized carbons (Fsp3) is 0.600. The molecule has 0 aliphatic heterocycles. The predicted molar refractivity (Wildman–Crippen MR) is 78.8 cm³/mol. The van der Waals surface area contributed by atoms with E-state index in [-0.39, 0.29) is 18.6 Å². The van der Waals surface area contributed by atoms with Crippen molar-refractivity contribution in [1.82, 2.24) is 5.32 Å². The molecule has 0 aliphatic rings. The number of benzene rings is 1. The summed E-state index contributed by atoms with van der Waals surface area (Å²) in [6.45, 7) is 4.98. The Morgan fingerprint density at radius 3 is 2.00 bits per heavy atom. The highest BCUT2D eigenvalue weighted by Crippen LogP contribution is 2.39. The Bertz CT molecular complexity index is 397. The summed E-state index contributed by atoms with van der Waals surface area (Å²) in [5.41, 5.74) is 1.05. The van der Waals surface area contributed by atoms with Gasteiger partial charge >= 0.3 is 0 Å². The predicted octanol–water partition coefficient (Wildman–Crippen LogP) is 1.99. The van der Waals surface area contributed by atoms with Crippen LogP contribution in [0.25, 0.3) is 0 Å². The third kappa shape index (κ3) is 4.02. The van der Waals surface area contributed by atoms with Crippen LogP contribution in [0.2, 0.25) is 0 Å². The molecule has 0 heterocycles. The summed E-state index contributed by atoms with van der Waals surface area (Å²) in [5.74, 6) is 2.10. The molecule has 5 nitrogen and oxygen atoms in total. The van der Waals surface area contributed by atoms with Crippen molar-refractivity contribution in [3.8, 4) is 17.2 Å². The monoisotopic (exact) mass is 283 g/mol. The zero-order valence-electron chi connectivity index (χ0n) is 12.9. The molecule has 1 aromatic carbocycles. The highest BCUT2D eigenvalue weighted by molar-refractivity contribution is 5.54. The fourth-order valence-corrected chi connectivity index (χ4v) is 1.91. The summed E-state index contributed by atoms with van der Waals surface area (Å²) in [6.07, 6.45) is 0. The number of ether oxygens (including phenoxy) is 3. The van der Waals surface area contributed by atoms with Gasteiger partial charge in [-0.2, -0.15) is 0 Å². The summed E-state index contributed by atoms with van der Waals surface area (Å²) in [5, 5.41) is 12.4. The summed E-state index contributed by atoms with van der Waals surface area (Å²) >= 11 is 0. The van der Waals surface area contributed by atoms with Crippen molar-refractivity contribution < 1.29 is 19.3 Å². The molecule has 2 unspecified atom stereocenters. The largest absolute Gasteiger partial charge is 0.493 e. The van der Waals surface area contributed by atoms with E-state index in [2.05, 4.69) is 12.2 Å². The first-order valence-electron chi connectivity index (χ1n) is 6.71. The summed E-state index contributed by atoms with van der Waals surface area (Å²) < 4.78 is 16.0. The molecule has 5 heteroatoms. The van der Waals surface area contributed by atoms with Crippen molar-refractivity contribution in [1.29, 1.82) is 0 Å². The van der Waals surface area contributed by atoms with Gasteiger partial charge in [-0.1, -0.05) is 6.92 Å². The van der Waals surface area contributed by atoms with Gasteiger partial charge < -0.3 is 24.6 Å². The van der Waals surface area contributed by atoms with Gasteiger partial charge in [0.1, 0.15) is 0 Å². The maximum Gasteiger partial charge on any atom is 0.203 e. The molecule has 0 saturated carbocycles. The number of aliphatic hydroxyl groups is 1. The van der Waals surface area contributed by atoms with Crippen LogP contribution in [0.15, 0.2) is 12.1 Å². The smallest absolute Gasteiger partial charge is 0.203 e. The van der Waals surface area contributed by atoms with Gasteiger partial charge in [-0.05, 0) is 30.5 Å². The van der Waals surface area contributed by atoms with Crippen LogP contribution in [-0.4, -0.2) is 39.6 Å². The van der Waals surface area contributed by atoms with Gasteiger partial charge in [0, 0.05) is 19.2 Å². The number of rotatable bonds is 8. The van der Waals surface area contributed by atoms with E-state index >= 15 is 0 Å². The number of methoxy groups -OCH3 is 3. The Morgan fingerprint density at radius 2 is 1.60 bits per heavy atom. The molecule has 0 amide bonds. The van der Waals surface area contributed by atoms with Gasteiger partial charge in [-0.25, -0.2) is 0 Å². The summed E-state index contributed by atoms with van der Waals surface area (Å²) in [4.78, 5) is 0. The van der Waals surface area contributed by atoms with Gasteiger partial charge in [-0.15, -0.1) is 0 Å². The van der Waals surface area contributed by atoms with Crippen molar-refractivity contribution in [2.75, 3.05) is 34.5 Å². The molecular weight excluding hydrogens is 258 g/mol. The number of hydrogen-bond donors (Lipinski definition) is 2. The lowest BCUT2D eigenvalue weighted by Crippen LogP contribution is -2.26. The molecule has 1 aromatic rings. The van der Waals surface area contributed by atoms with Crippen LogP contribution >= 0.6 is 0 Å². The Morgan fingerprint density at radius 1 is 1.05 bits per heavy atom. The van der Waals surface area contributed by atoms with Crippen LogP contribution < -0.4 is 19.5 Å². The highest BCUT2D eigenvalue weighted by Gasteiger charge is 2.16. The van der Waals surface area contributed by atoms with Crippen LogP contribution in [0, 0.1) is 5.92 Å². The van der Waals surface area contributed by atoms with Gasteiger partial charge in [0.05, 0.1) is 21.3 Å². The Hall–Kier alpha value is -1.46. The van der Waals surface area contributed by atoms with E-state index in [0.717, 1.165) is 12.1 Å². The van der Waals surface area contributed by atoms with Crippen molar-refractivity contribution in [3.63, 3.8) is 0 Å². The first-order chi connectivity index (χ1) is 9.57. The van der Waals surface area contributed by atoms with Crippen LogP contribution in [0.3, 0.4) is 0 Å². The SMILES string of the molecule is COc1cc(C(C)NCC(C)CO)cc(OC)c1OC. The Kier molecular flexibility index (Phi) is 6.61. The third-order valence-electron chi connectivity index (χ3n) is 3.27. The lowest BCUT2D eigenvalue weighted by molar-refractivity contribution is 0.231. The second-order valence-electron chi connectivity index (χ2n) is 4.88. The first-order valence-corrected chi connectivity index (χ1v) is 6.71. The number of aliphatic hydroxyl groups excluding tert-OH is 1. The molecule has 0 bridgehead atoms. The van der Waals surface area contributed by atoms with E-state index in [9.17, 15) is 0 Å². The molecule has 1 rings (SSSR count). The zero-order valence-corrected chi connectivity index (χ0v) is 12.9. The van der Waals surface area contributed by atoms with E-state index in [1.807, 2.05) is 19.1 Å². The molecule has 0 fully saturated rings. The van der Waals surface area contributed by atoms with E-state index in [1.165, 1.54) is 0 Å². The van der Waals surface area contributed by atoms with E-state index < -0.39 is 0 Å². The van der Waals surface area contributed by atoms with Crippen molar-refractivity contribution in [2.45, 2.75) is 19.9 Å². The molecule has 0 aromatic heterocycles. The molecule has 2 atom stereocenters. The van der Waals surface area contributed by atoms with Crippen LogP contribution in [-0.2, 0) is 0 Å². The normalized spacial score (nSPS) is 13.7. The van der Waals surface area contributed by atoms with E-state index in [4.69, 9.17) is 19.3 Å². The van der Waals surface area contributed by atoms with Gasteiger partial charge in [0.25, 0.3) is 0 Å². The second-order valence-corrected chi connectivity index (χ2v) is 4.88. The van der Waals surface area contributed by atoms with Gasteiger partial charge in [0.15, 0.2) is 11.5 Å². The standard InChI is InChI=1S/C15H25NO4/c1-10(9-17)8-16-11(2)12-6-13(18-3)15(20-5)14(7-12)19-4/h6-7,10-11,16-17H,8-9H2,1-5H3. The molecular formula is C15H25NO4. The maximum absolute atomic E-state index is 9.05. The average molecular weight is 283 g/mol. The number of hydrogen-bond acceptors (Lipinski definition) is 5. The van der Waals surface area contributed by atoms with E-state index in [1.54, 1.807) is 21.3 Å². The summed E-state index contributed by atoms with van der Waals surface area (Å²) in [6, 6.07) is 3.99. The van der Waals surface area contributed by atoms with Crippen LogP contribution in [0.4, 0.5) is 0 Å². The molecule has 0 saturated heterocycles. The lowest BCUT2D eigenvalue weighted by atomic mass is 10.1. The molecule has 0 radical (unpaired) electrons. The topological polar surface area (TPSA) is 60.0 Å². The van der Waals surface area contributed by atoms with Gasteiger partial charge in [0.2, 0.25) is 5.75 Å². The molecule has 20 heavy (non-hydrogen) atoms. The fourth-order valence-electron chi connectivity index (χ4n) is 1.91. The minimum atomic E-state index is 0.123. The van der Waals surface area contributed by atoms with Crippen molar-refractivity contribution >= 4 is 0 Å². The minimum absolute atomic E-state index is 0.123. The summed E-state index contributed by atoms with van der Waals surface area (Å²) in [7, 11) is 4.80. The average Bonchev–Trinajstić information content (AvgIpc) is 2.50. The number of nitrogens with one attached hydrogen (secondary N) is 1. The molecule has 114 valence electrons. The van der Waals surface area contributed by atoms with Crippen LogP contribution in [0.1, 0.15) is 25.5 Å². The lowest BCUT2D eigenvalue weighted by Gasteiger charge is -2.20. The highest BCUT2D eigenvalue weighted by atomic mass is 16.5. The van der Waals surface area contributed by atoms with Gasteiger partial charge in [-0.3, -0.25) is 0 Å². The van der Waals surface area contributed by atoms with E-state index in [0.29, 0.717) is 17.2 Å². The van der Waals surface area contributed by atoms with Crippen molar-refractivity contribution in [2.24, 2.45) is 5.92 Å². The Balaban J connectivity index is 2.94. The van der Waals surface area contributed by atoms with Crippen LogP contribution in [0.5, 0.6) is 17.2 Å².